The molecule has 0 bridgehead atoms. The van der Waals surface area contributed by atoms with Gasteiger partial charge in [0.1, 0.15) is 22.2 Å². The summed E-state index contributed by atoms with van der Waals surface area (Å²) >= 11 is 0. The number of hydrogen-bond acceptors (Lipinski definition) is 7. The largest absolute Gasteiger partial charge is 0.469 e. The van der Waals surface area contributed by atoms with Crippen molar-refractivity contribution in [2.24, 2.45) is 10.8 Å². The minimum absolute atomic E-state index is 0.0108. The van der Waals surface area contributed by atoms with Crippen molar-refractivity contribution in [3.8, 4) is 0 Å². The summed E-state index contributed by atoms with van der Waals surface area (Å²) in [4.78, 5) is 51.7. The highest BCUT2D eigenvalue weighted by Crippen LogP contribution is 2.69. The van der Waals surface area contributed by atoms with Crippen LogP contribution in [0, 0.1) is 17.8 Å². The first-order valence-corrected chi connectivity index (χ1v) is 9.40. The lowest BCUT2D eigenvalue weighted by atomic mass is 9.83. The number of fused-ring (bicyclic) bond motifs is 1. The normalized spacial score (nSPS) is 28.3. The highest BCUT2D eigenvalue weighted by atomic mass is 16.5. The van der Waals surface area contributed by atoms with Gasteiger partial charge in [-0.3, -0.25) is 14.4 Å². The maximum absolute atomic E-state index is 13.1. The summed E-state index contributed by atoms with van der Waals surface area (Å²) in [5, 5.41) is 0. The molecule has 1 aromatic heterocycles. The number of ether oxygens (including phenoxy) is 2. The summed E-state index contributed by atoms with van der Waals surface area (Å²) in [6, 6.07) is 1.75. The number of aryl methyl sites for hydroxylation is 1. The fourth-order valence-electron chi connectivity index (χ4n) is 4.73. The molecule has 2 aliphatic carbocycles. The molecule has 28 heavy (non-hydrogen) atoms. The zero-order valence-corrected chi connectivity index (χ0v) is 16.2. The molecule has 2 heterocycles. The Hall–Kier alpha value is -2.64. The Bertz CT molecular complexity index is 901. The second-order valence-corrected chi connectivity index (χ2v) is 8.11. The number of likely N-dealkylation sites (tertiary alicyclic amines) is 1. The molecular formula is C20H23NO7. The second kappa shape index (κ2) is 6.18. The van der Waals surface area contributed by atoms with Crippen molar-refractivity contribution < 1.29 is 28.3 Å². The summed E-state index contributed by atoms with van der Waals surface area (Å²) < 4.78 is 15.2. The van der Waals surface area contributed by atoms with Crippen LogP contribution in [0.2, 0.25) is 0 Å². The van der Waals surface area contributed by atoms with Gasteiger partial charge >= 0.3 is 17.6 Å². The van der Waals surface area contributed by atoms with E-state index in [9.17, 15) is 19.2 Å². The van der Waals surface area contributed by atoms with Gasteiger partial charge in [0, 0.05) is 19.0 Å². The number of amides is 1. The number of nitrogens with zero attached hydrogens (tertiary/aromatic N) is 1. The molecule has 3 fully saturated rings. The predicted octanol–water partition coefficient (Wildman–Crippen LogP) is 1.39. The third-order valence-electron chi connectivity index (χ3n) is 6.64. The fourth-order valence-corrected chi connectivity index (χ4v) is 4.73. The van der Waals surface area contributed by atoms with Gasteiger partial charge in [-0.25, -0.2) is 4.79 Å². The Labute approximate surface area is 161 Å². The topological polar surface area (TPSA) is 103 Å². The average Bonchev–Trinajstić information content (AvgIpc) is 3.15. The molecule has 1 aromatic rings. The van der Waals surface area contributed by atoms with Crippen molar-refractivity contribution >= 4 is 17.8 Å². The minimum Gasteiger partial charge on any atom is -0.469 e. The molecule has 1 saturated heterocycles. The van der Waals surface area contributed by atoms with E-state index in [1.807, 2.05) is 0 Å². The zero-order valence-electron chi connectivity index (χ0n) is 16.2. The van der Waals surface area contributed by atoms with Crippen LogP contribution in [0.1, 0.15) is 53.3 Å². The molecule has 2 saturated carbocycles. The highest BCUT2D eigenvalue weighted by Gasteiger charge is 2.82. The Morgan fingerprint density at radius 1 is 1.11 bits per heavy atom. The van der Waals surface area contributed by atoms with Crippen molar-refractivity contribution in [1.82, 2.24) is 4.90 Å². The number of rotatable bonds is 4. The molecule has 150 valence electrons. The van der Waals surface area contributed by atoms with E-state index in [-0.39, 0.29) is 31.0 Å². The van der Waals surface area contributed by atoms with Crippen LogP contribution in [0.5, 0.6) is 0 Å². The summed E-state index contributed by atoms with van der Waals surface area (Å²) in [6.45, 7) is 1.73. The monoisotopic (exact) mass is 389 g/mol. The first-order valence-electron chi connectivity index (χ1n) is 9.40. The Morgan fingerprint density at radius 3 is 2.11 bits per heavy atom. The molecule has 1 amide bonds. The standard InChI is InChI=1S/C20H23NO7/c1-11-7-13(12-5-4-6-12)28-16(23)14(11)15(22)21-9-19(17(24)26-2)8-20(19,10-21)18(25)27-3/h7,12H,4-6,8-10H2,1-3H3/t19-,20+. The first-order chi connectivity index (χ1) is 13.3. The summed E-state index contributed by atoms with van der Waals surface area (Å²) in [5.41, 5.74) is -2.39. The van der Waals surface area contributed by atoms with Gasteiger partial charge in [0.2, 0.25) is 0 Å². The second-order valence-electron chi connectivity index (χ2n) is 8.11. The first kappa shape index (κ1) is 18.7. The number of hydrogen-bond donors (Lipinski definition) is 0. The predicted molar refractivity (Wildman–Crippen MR) is 95.7 cm³/mol. The maximum atomic E-state index is 13.1. The van der Waals surface area contributed by atoms with Gasteiger partial charge in [-0.05, 0) is 37.8 Å². The lowest BCUT2D eigenvalue weighted by molar-refractivity contribution is -0.155. The molecule has 8 nitrogen and oxygen atoms in total. The highest BCUT2D eigenvalue weighted by molar-refractivity contribution is 6.01. The number of carbonyl (C=O) groups is 3. The van der Waals surface area contributed by atoms with Gasteiger partial charge in [-0.15, -0.1) is 0 Å². The van der Waals surface area contributed by atoms with E-state index in [1.54, 1.807) is 13.0 Å². The molecule has 8 heteroatoms. The van der Waals surface area contributed by atoms with Crippen molar-refractivity contribution in [3.05, 3.63) is 33.4 Å². The summed E-state index contributed by atoms with van der Waals surface area (Å²) in [5.74, 6) is -0.772. The summed E-state index contributed by atoms with van der Waals surface area (Å²) in [7, 11) is 2.50. The van der Waals surface area contributed by atoms with Gasteiger partial charge in [0.05, 0.1) is 14.2 Å². The van der Waals surface area contributed by atoms with E-state index in [4.69, 9.17) is 13.9 Å². The number of methoxy groups -OCH3 is 2. The average molecular weight is 389 g/mol. The molecule has 4 rings (SSSR count). The van der Waals surface area contributed by atoms with Crippen LogP contribution < -0.4 is 5.63 Å². The van der Waals surface area contributed by atoms with E-state index < -0.39 is 34.3 Å². The van der Waals surface area contributed by atoms with E-state index >= 15 is 0 Å². The Balaban J connectivity index is 1.64. The van der Waals surface area contributed by atoms with E-state index in [1.165, 1.54) is 19.1 Å². The Morgan fingerprint density at radius 2 is 1.68 bits per heavy atom. The van der Waals surface area contributed by atoms with Crippen LogP contribution in [0.4, 0.5) is 0 Å². The number of carbonyl (C=O) groups excluding carboxylic acids is 3. The molecule has 0 radical (unpaired) electrons. The van der Waals surface area contributed by atoms with E-state index in [2.05, 4.69) is 0 Å². The van der Waals surface area contributed by atoms with Crippen LogP contribution >= 0.6 is 0 Å². The van der Waals surface area contributed by atoms with Crippen LogP contribution in [0.25, 0.3) is 0 Å². The van der Waals surface area contributed by atoms with Crippen LogP contribution in [0.15, 0.2) is 15.3 Å². The molecular weight excluding hydrogens is 366 g/mol. The van der Waals surface area contributed by atoms with E-state index in [0.29, 0.717) is 11.3 Å². The van der Waals surface area contributed by atoms with Crippen molar-refractivity contribution in [2.75, 3.05) is 27.3 Å². The SMILES string of the molecule is COC(=O)[C@@]12CN(C(=O)c3c(C)cc(C4CCC4)oc3=O)C[C@]1(C(=O)OC)C2. The number of piperidine rings is 1. The summed E-state index contributed by atoms with van der Waals surface area (Å²) in [6.07, 6.45) is 3.33. The van der Waals surface area contributed by atoms with E-state index in [0.717, 1.165) is 19.3 Å². The molecule has 0 N–H and O–H groups in total. The van der Waals surface area contributed by atoms with Crippen LogP contribution in [-0.4, -0.2) is 50.1 Å². The van der Waals surface area contributed by atoms with Gasteiger partial charge < -0.3 is 18.8 Å². The van der Waals surface area contributed by atoms with Crippen molar-refractivity contribution in [2.45, 2.75) is 38.5 Å². The van der Waals surface area contributed by atoms with Gasteiger partial charge in [-0.2, -0.15) is 0 Å². The maximum Gasteiger partial charge on any atom is 0.349 e. The molecule has 2 atom stereocenters. The lowest BCUT2D eigenvalue weighted by Crippen LogP contribution is -2.37. The third kappa shape index (κ3) is 2.36. The van der Waals surface area contributed by atoms with Crippen LogP contribution in [0.3, 0.4) is 0 Å². The fraction of sp³-hybridized carbons (Fsp3) is 0.600. The smallest absolute Gasteiger partial charge is 0.349 e. The third-order valence-corrected chi connectivity index (χ3v) is 6.64. The minimum atomic E-state index is -1.11. The van der Waals surface area contributed by atoms with Crippen LogP contribution in [-0.2, 0) is 19.1 Å². The number of esters is 2. The zero-order chi connectivity index (χ0) is 20.3. The van der Waals surface area contributed by atoms with Gasteiger partial charge in [0.25, 0.3) is 5.91 Å². The molecule has 0 unspecified atom stereocenters. The molecule has 0 aromatic carbocycles. The quantitative estimate of drug-likeness (QED) is 0.717. The molecule has 1 aliphatic heterocycles. The molecule has 3 aliphatic rings. The van der Waals surface area contributed by atoms with Gasteiger partial charge in [0.15, 0.2) is 0 Å². The Kier molecular flexibility index (Phi) is 4.13. The van der Waals surface area contributed by atoms with Crippen molar-refractivity contribution in [3.63, 3.8) is 0 Å². The van der Waals surface area contributed by atoms with Gasteiger partial charge in [-0.1, -0.05) is 6.42 Å². The molecule has 0 spiro atoms. The lowest BCUT2D eigenvalue weighted by Gasteiger charge is -2.25. The van der Waals surface area contributed by atoms with Crippen molar-refractivity contribution in [1.29, 1.82) is 0 Å².